The quantitative estimate of drug-likeness (QED) is 0.200. The van der Waals surface area contributed by atoms with Gasteiger partial charge in [0.15, 0.2) is 0 Å². The Kier molecular flexibility index (Phi) is 5.44. The molecule has 3 aromatic carbocycles. The van der Waals surface area contributed by atoms with Crippen molar-refractivity contribution in [2.45, 2.75) is 38.5 Å². The Balaban J connectivity index is 0.00000276. The average Bonchev–Trinajstić information content (AvgIpc) is 3.63. The van der Waals surface area contributed by atoms with E-state index in [0.29, 0.717) is 45.9 Å². The fourth-order valence-corrected chi connectivity index (χ4v) is 5.46. The van der Waals surface area contributed by atoms with Crippen molar-refractivity contribution in [1.82, 2.24) is 39.9 Å². The standard InChI is InChI=1S/C32H24N8.Ni/c1-31(2)29-38-27-21-15-9-7-13-19(21)25(36-27)34-23-17-11-5-6-12-18(17)24(33-23)35-26-20-14-8-10-16-22(20)28(37-26)39-30(40-29)32(31,3)4;/h5-16H,1-4H3;/q-2;+2. The van der Waals surface area contributed by atoms with Gasteiger partial charge in [0.25, 0.3) is 0 Å². The fourth-order valence-electron chi connectivity index (χ4n) is 5.46. The minimum Gasteiger partial charge on any atom is -0.357 e. The van der Waals surface area contributed by atoms with Gasteiger partial charge in [-0.2, -0.15) is 0 Å². The summed E-state index contributed by atoms with van der Waals surface area (Å²) in [7, 11) is 0. The van der Waals surface area contributed by atoms with Crippen LogP contribution in [0, 0.1) is 0 Å². The molecule has 2 aliphatic heterocycles. The Hall–Kier alpha value is -4.49. The zero-order chi connectivity index (χ0) is 27.2. The van der Waals surface area contributed by atoms with Crippen LogP contribution in [-0.2, 0) is 27.3 Å². The first kappa shape index (κ1) is 25.5. The first-order chi connectivity index (χ1) is 19.3. The van der Waals surface area contributed by atoms with Crippen molar-refractivity contribution in [1.29, 1.82) is 0 Å². The predicted molar refractivity (Wildman–Crippen MR) is 156 cm³/mol. The predicted octanol–water partition coefficient (Wildman–Crippen LogP) is 6.05. The second kappa shape index (κ2) is 8.75. The van der Waals surface area contributed by atoms with Crippen LogP contribution >= 0.6 is 0 Å². The van der Waals surface area contributed by atoms with E-state index >= 15 is 0 Å². The number of nitrogens with zero attached hydrogens (tertiary/aromatic N) is 8. The summed E-state index contributed by atoms with van der Waals surface area (Å²) in [6, 6.07) is 24.0. The molecule has 8 rings (SSSR count). The second-order valence-electron chi connectivity index (χ2n) is 11.4. The number of fused-ring (bicyclic) bond motifs is 17. The number of hydrogen-bond donors (Lipinski definition) is 0. The Morgan fingerprint density at radius 3 is 1.17 bits per heavy atom. The molecule has 0 saturated heterocycles. The molecule has 3 aromatic heterocycles. The van der Waals surface area contributed by atoms with Gasteiger partial charge in [0.2, 0.25) is 0 Å². The summed E-state index contributed by atoms with van der Waals surface area (Å²) in [4.78, 5) is 39.8. The smallest absolute Gasteiger partial charge is 0.357 e. The van der Waals surface area contributed by atoms with Crippen LogP contribution in [0.3, 0.4) is 0 Å². The van der Waals surface area contributed by atoms with Gasteiger partial charge in [-0.3, -0.25) is 4.98 Å². The summed E-state index contributed by atoms with van der Waals surface area (Å²) in [6.45, 7) is 8.62. The molecule has 5 heterocycles. The van der Waals surface area contributed by atoms with Crippen LogP contribution in [0.4, 0.5) is 0 Å². The molecule has 41 heavy (non-hydrogen) atoms. The Morgan fingerprint density at radius 1 is 0.439 bits per heavy atom. The van der Waals surface area contributed by atoms with Crippen LogP contribution in [0.25, 0.3) is 66.9 Å². The zero-order valence-electron chi connectivity index (χ0n) is 22.8. The molecule has 0 amide bonds. The minimum absolute atomic E-state index is 0. The topological polar surface area (TPSA) is 106 Å². The van der Waals surface area contributed by atoms with Crippen LogP contribution in [0.5, 0.6) is 0 Å². The van der Waals surface area contributed by atoms with Gasteiger partial charge < -0.3 is 29.9 Å². The third kappa shape index (κ3) is 3.58. The van der Waals surface area contributed by atoms with Crippen LogP contribution in [0.2, 0.25) is 0 Å². The average molecular weight is 579 g/mol. The van der Waals surface area contributed by atoms with E-state index < -0.39 is 10.8 Å². The normalized spacial score (nSPS) is 15.0. The molecule has 0 radical (unpaired) electrons. The summed E-state index contributed by atoms with van der Waals surface area (Å²) in [5.74, 6) is 2.48. The van der Waals surface area contributed by atoms with E-state index in [4.69, 9.17) is 39.9 Å². The third-order valence-electron chi connectivity index (χ3n) is 8.60. The van der Waals surface area contributed by atoms with E-state index in [2.05, 4.69) is 27.7 Å². The maximum Gasteiger partial charge on any atom is 2.00 e. The van der Waals surface area contributed by atoms with Crippen LogP contribution in [0.15, 0.2) is 72.8 Å². The molecule has 0 fully saturated rings. The van der Waals surface area contributed by atoms with Crippen molar-refractivity contribution >= 4 is 44.1 Å². The molecule has 2 aliphatic rings. The largest absolute Gasteiger partial charge is 2.00 e. The third-order valence-corrected chi connectivity index (χ3v) is 8.60. The molecule has 8 bridgehead atoms. The van der Waals surface area contributed by atoms with Crippen molar-refractivity contribution in [2.24, 2.45) is 0 Å². The van der Waals surface area contributed by atoms with Crippen molar-refractivity contribution in [3.63, 3.8) is 0 Å². The van der Waals surface area contributed by atoms with Gasteiger partial charge in [-0.15, -0.1) is 0 Å². The van der Waals surface area contributed by atoms with Crippen molar-refractivity contribution < 1.29 is 16.5 Å². The maximum atomic E-state index is 5.06. The van der Waals surface area contributed by atoms with Crippen molar-refractivity contribution in [2.75, 3.05) is 0 Å². The molecule has 0 atom stereocenters. The van der Waals surface area contributed by atoms with E-state index in [9.17, 15) is 0 Å². The van der Waals surface area contributed by atoms with E-state index in [1.807, 2.05) is 72.8 Å². The van der Waals surface area contributed by atoms with Crippen molar-refractivity contribution in [3.8, 4) is 22.8 Å². The van der Waals surface area contributed by atoms with Gasteiger partial charge in [-0.05, 0) is 21.5 Å². The maximum absolute atomic E-state index is 5.06. The molecule has 0 unspecified atom stereocenters. The minimum atomic E-state index is -0.412. The first-order valence-electron chi connectivity index (χ1n) is 13.3. The Labute approximate surface area is 245 Å². The van der Waals surface area contributed by atoms with Crippen LogP contribution in [0.1, 0.15) is 39.3 Å². The van der Waals surface area contributed by atoms with E-state index in [-0.39, 0.29) is 16.5 Å². The Bertz CT molecular complexity index is 2040. The molecule has 6 aromatic rings. The van der Waals surface area contributed by atoms with Gasteiger partial charge >= 0.3 is 16.5 Å². The summed E-state index contributed by atoms with van der Waals surface area (Å²) < 4.78 is 0. The molecule has 202 valence electrons. The van der Waals surface area contributed by atoms with Crippen LogP contribution in [-0.4, -0.2) is 29.9 Å². The van der Waals surface area contributed by atoms with Gasteiger partial charge in [-0.25, -0.2) is 4.98 Å². The van der Waals surface area contributed by atoms with E-state index in [0.717, 1.165) is 32.7 Å². The summed E-state index contributed by atoms with van der Waals surface area (Å²) >= 11 is 0. The first-order valence-corrected chi connectivity index (χ1v) is 13.3. The fraction of sp³-hybridized carbons (Fsp3) is 0.188. The molecule has 0 aliphatic carbocycles. The summed E-state index contributed by atoms with van der Waals surface area (Å²) in [6.07, 6.45) is 0. The summed E-state index contributed by atoms with van der Waals surface area (Å²) in [5, 5.41) is 3.66. The van der Waals surface area contributed by atoms with Crippen LogP contribution < -0.4 is 9.97 Å². The van der Waals surface area contributed by atoms with Gasteiger partial charge in [0.1, 0.15) is 0 Å². The summed E-state index contributed by atoms with van der Waals surface area (Å²) in [5.41, 5.74) is 3.29. The second-order valence-corrected chi connectivity index (χ2v) is 11.4. The molecule has 9 heteroatoms. The molecule has 0 N–H and O–H groups in total. The Morgan fingerprint density at radius 2 is 0.780 bits per heavy atom. The monoisotopic (exact) mass is 578 g/mol. The number of rotatable bonds is 0. The molecular weight excluding hydrogens is 555 g/mol. The number of aromatic nitrogens is 8. The SMILES string of the molecule is CC1(C)c2nc(nc3[n-]c(nc4nc(nc5[n-]c(n2)c2ccccc52)-c2ccccc2-4)c2ccccc32)C1(C)C.[Ni+2]. The van der Waals surface area contributed by atoms with Gasteiger partial charge in [0.05, 0.1) is 23.3 Å². The molecular formula is C32H24N8Ni. The number of hydrogen-bond acceptors (Lipinski definition) is 6. The zero-order valence-corrected chi connectivity index (χ0v) is 23.8. The van der Waals surface area contributed by atoms with E-state index in [1.165, 1.54) is 0 Å². The van der Waals surface area contributed by atoms with Gasteiger partial charge in [-0.1, -0.05) is 100 Å². The van der Waals surface area contributed by atoms with Gasteiger partial charge in [0, 0.05) is 44.5 Å². The molecule has 0 spiro atoms. The van der Waals surface area contributed by atoms with Crippen molar-refractivity contribution in [3.05, 3.63) is 84.4 Å². The number of benzene rings is 3. The van der Waals surface area contributed by atoms with E-state index in [1.54, 1.807) is 0 Å². The molecule has 0 saturated carbocycles. The molecule has 8 nitrogen and oxygen atoms in total.